The zero-order chi connectivity index (χ0) is 21.9. The van der Waals surface area contributed by atoms with Gasteiger partial charge in [-0.3, -0.25) is 4.79 Å². The van der Waals surface area contributed by atoms with Gasteiger partial charge in [-0.05, 0) is 25.1 Å². The van der Waals surface area contributed by atoms with Gasteiger partial charge in [-0.25, -0.2) is 0 Å². The summed E-state index contributed by atoms with van der Waals surface area (Å²) < 4.78 is 28.8. The van der Waals surface area contributed by atoms with Crippen molar-refractivity contribution >= 4 is 28.4 Å². The van der Waals surface area contributed by atoms with Gasteiger partial charge in [0.1, 0.15) is 36.1 Å². The van der Waals surface area contributed by atoms with E-state index in [1.807, 2.05) is 13.0 Å². The largest absolute Gasteiger partial charge is 0.493 e. The van der Waals surface area contributed by atoms with Gasteiger partial charge in [-0.2, -0.15) is 0 Å². The molecule has 1 N–H and O–H groups in total. The number of carbonyl (C=O) groups excluding carboxylic acids is 1. The lowest BCUT2D eigenvalue weighted by Gasteiger charge is -2.37. The molecule has 164 valence electrons. The first-order valence-electron chi connectivity index (χ1n) is 10.1. The minimum atomic E-state index is -0.487. The standard InChI is InChI=1S/C23H23IO7/c1-23(24,10-25)19-7-13-14(30-19)5-4-11-21(26)20-12-6-16(27-2)17(28-3)8-15(12)29-9-18(20)31-22(11)13/h4-6,8,18-20,25H,7,9-10H2,1-3H3/t18-,19-,20+,23-/m1/s1/i24-3. The first-order valence-corrected chi connectivity index (χ1v) is 11.2. The van der Waals surface area contributed by atoms with Crippen LogP contribution in [0.5, 0.6) is 28.7 Å². The second kappa shape index (κ2) is 7.44. The molecule has 3 aliphatic rings. The Hall–Kier alpha value is -2.20. The number of hydrogen-bond acceptors (Lipinski definition) is 7. The fraction of sp³-hybridized carbons (Fsp3) is 0.435. The van der Waals surface area contributed by atoms with Crippen LogP contribution < -0.4 is 23.7 Å². The van der Waals surface area contributed by atoms with E-state index in [1.165, 1.54) is 0 Å². The lowest BCUT2D eigenvalue weighted by molar-refractivity contribution is 0.0554. The maximum absolute atomic E-state index is 13.6. The lowest BCUT2D eigenvalue weighted by atomic mass is 9.81. The molecule has 2 aromatic rings. The van der Waals surface area contributed by atoms with Gasteiger partial charge in [0.15, 0.2) is 17.3 Å². The molecule has 0 radical (unpaired) electrons. The Bertz CT molecular complexity index is 1060. The molecule has 4 atom stereocenters. The SMILES string of the molecule is COc1cc2c(cc1OC)[C@@H]1C(=O)c3ccc4c(c3O[C@@H]1CO2)C[C@H]([C@](C)([124I])CO)O4. The van der Waals surface area contributed by atoms with Crippen LogP contribution in [-0.4, -0.2) is 54.0 Å². The van der Waals surface area contributed by atoms with E-state index < -0.39 is 15.4 Å². The number of Topliss-reactive ketones (excluding diaryl/α,β-unsaturated/α-hetero) is 1. The van der Waals surface area contributed by atoms with Crippen LogP contribution in [0.15, 0.2) is 24.3 Å². The Morgan fingerprint density at radius 1 is 1.16 bits per heavy atom. The van der Waals surface area contributed by atoms with Crippen LogP contribution in [0.4, 0.5) is 0 Å². The zero-order valence-electron chi connectivity index (χ0n) is 17.4. The molecule has 3 heterocycles. The van der Waals surface area contributed by atoms with Gasteiger partial charge in [0.25, 0.3) is 0 Å². The maximum Gasteiger partial charge on any atom is 0.178 e. The second-order valence-corrected chi connectivity index (χ2v) is 10.7. The highest BCUT2D eigenvalue weighted by atomic mass is 124. The number of ether oxygens (including phenoxy) is 5. The van der Waals surface area contributed by atoms with Gasteiger partial charge >= 0.3 is 0 Å². The summed E-state index contributed by atoms with van der Waals surface area (Å²) >= 11 is 2.22. The summed E-state index contributed by atoms with van der Waals surface area (Å²) in [5.41, 5.74) is 2.16. The van der Waals surface area contributed by atoms with Crippen molar-refractivity contribution in [3.05, 3.63) is 41.0 Å². The lowest BCUT2D eigenvalue weighted by Crippen LogP contribution is -2.43. The first kappa shape index (κ1) is 20.7. The van der Waals surface area contributed by atoms with E-state index in [0.29, 0.717) is 40.7 Å². The third kappa shape index (κ3) is 3.14. The fourth-order valence-electron chi connectivity index (χ4n) is 4.50. The average Bonchev–Trinajstić information content (AvgIpc) is 3.23. The van der Waals surface area contributed by atoms with E-state index >= 15 is 0 Å². The number of alkyl halides is 1. The topological polar surface area (TPSA) is 83.5 Å². The number of ketones is 1. The minimum absolute atomic E-state index is 0.00515. The Labute approximate surface area is 193 Å². The van der Waals surface area contributed by atoms with E-state index in [1.54, 1.807) is 32.4 Å². The number of halogens is 1. The smallest absolute Gasteiger partial charge is 0.178 e. The molecule has 0 saturated carbocycles. The Morgan fingerprint density at radius 2 is 1.90 bits per heavy atom. The molecule has 0 unspecified atom stereocenters. The van der Waals surface area contributed by atoms with Crippen molar-refractivity contribution in [1.29, 1.82) is 0 Å². The molecule has 0 bridgehead atoms. The molecule has 0 amide bonds. The molecule has 31 heavy (non-hydrogen) atoms. The summed E-state index contributed by atoms with van der Waals surface area (Å²) in [4.78, 5) is 13.6. The monoisotopic (exact) mass is 535 g/mol. The van der Waals surface area contributed by atoms with Crippen LogP contribution in [-0.2, 0) is 6.42 Å². The van der Waals surface area contributed by atoms with Crippen molar-refractivity contribution in [3.63, 3.8) is 0 Å². The molecular formula is C23H23IO7. The number of fused-ring (bicyclic) bond motifs is 6. The Balaban J connectivity index is 1.55. The molecular weight excluding hydrogens is 512 g/mol. The van der Waals surface area contributed by atoms with E-state index in [0.717, 1.165) is 11.1 Å². The van der Waals surface area contributed by atoms with Crippen LogP contribution in [0.2, 0.25) is 0 Å². The number of hydrogen-bond donors (Lipinski definition) is 1. The molecule has 0 spiro atoms. The molecule has 0 aromatic heterocycles. The third-order valence-electron chi connectivity index (χ3n) is 6.30. The van der Waals surface area contributed by atoms with Crippen molar-refractivity contribution in [2.45, 2.75) is 34.9 Å². The Kier molecular flexibility index (Phi) is 4.97. The number of carbonyl (C=O) groups is 1. The molecule has 7 nitrogen and oxygen atoms in total. The summed E-state index contributed by atoms with van der Waals surface area (Å²) in [5.74, 6) is 2.48. The van der Waals surface area contributed by atoms with E-state index in [-0.39, 0.29) is 25.1 Å². The molecule has 2 aromatic carbocycles. The molecule has 8 heteroatoms. The third-order valence-corrected chi connectivity index (χ3v) is 7.34. The normalized spacial score (nSPS) is 24.9. The summed E-state index contributed by atoms with van der Waals surface area (Å²) in [6.45, 7) is 2.20. The number of benzene rings is 2. The van der Waals surface area contributed by atoms with Crippen LogP contribution in [0, 0.1) is 0 Å². The highest BCUT2D eigenvalue weighted by molar-refractivity contribution is 14.1. The number of aliphatic hydroxyl groups excluding tert-OH is 1. The summed E-state index contributed by atoms with van der Waals surface area (Å²) in [7, 11) is 3.13. The van der Waals surface area contributed by atoms with Gasteiger partial charge in [0, 0.05) is 23.6 Å². The van der Waals surface area contributed by atoms with Crippen LogP contribution in [0.25, 0.3) is 0 Å². The number of methoxy groups -OCH3 is 2. The van der Waals surface area contributed by atoms with Gasteiger partial charge in [-0.15, -0.1) is 0 Å². The average molecular weight is 535 g/mol. The van der Waals surface area contributed by atoms with Crippen molar-refractivity contribution in [3.8, 4) is 28.7 Å². The number of rotatable bonds is 4. The van der Waals surface area contributed by atoms with Crippen molar-refractivity contribution in [2.24, 2.45) is 0 Å². The first-order chi connectivity index (χ1) is 14.9. The van der Waals surface area contributed by atoms with E-state index in [2.05, 4.69) is 22.6 Å². The predicted molar refractivity (Wildman–Crippen MR) is 121 cm³/mol. The molecule has 0 aliphatic carbocycles. The highest BCUT2D eigenvalue weighted by Gasteiger charge is 2.47. The predicted octanol–water partition coefficient (Wildman–Crippen LogP) is 3.31. The minimum Gasteiger partial charge on any atom is -0.493 e. The van der Waals surface area contributed by atoms with Crippen LogP contribution in [0.1, 0.15) is 34.3 Å². The highest BCUT2D eigenvalue weighted by Crippen LogP contribution is 2.50. The van der Waals surface area contributed by atoms with Gasteiger partial charge in [0.2, 0.25) is 0 Å². The van der Waals surface area contributed by atoms with Crippen LogP contribution in [0.3, 0.4) is 0 Å². The molecule has 3 aliphatic heterocycles. The Morgan fingerprint density at radius 3 is 2.61 bits per heavy atom. The summed E-state index contributed by atoms with van der Waals surface area (Å²) in [5, 5.41) is 9.73. The van der Waals surface area contributed by atoms with Gasteiger partial charge in [-0.1, -0.05) is 22.6 Å². The molecule has 0 saturated heterocycles. The van der Waals surface area contributed by atoms with Crippen LogP contribution >= 0.6 is 22.6 Å². The summed E-state index contributed by atoms with van der Waals surface area (Å²) in [6, 6.07) is 7.15. The molecule has 5 rings (SSSR count). The molecule has 0 fully saturated rings. The van der Waals surface area contributed by atoms with E-state index in [4.69, 9.17) is 23.7 Å². The number of aliphatic hydroxyl groups is 1. The van der Waals surface area contributed by atoms with E-state index in [9.17, 15) is 9.90 Å². The maximum atomic E-state index is 13.6. The fourth-order valence-corrected chi connectivity index (χ4v) is 4.85. The summed E-state index contributed by atoms with van der Waals surface area (Å²) in [6.07, 6.45) is -0.0675. The van der Waals surface area contributed by atoms with Crippen molar-refractivity contribution < 1.29 is 33.6 Å². The quantitative estimate of drug-likeness (QED) is 0.475. The van der Waals surface area contributed by atoms with Gasteiger partial charge < -0.3 is 28.8 Å². The zero-order valence-corrected chi connectivity index (χ0v) is 19.6. The van der Waals surface area contributed by atoms with Crippen molar-refractivity contribution in [2.75, 3.05) is 27.4 Å². The second-order valence-electron chi connectivity index (χ2n) is 8.22. The van der Waals surface area contributed by atoms with Gasteiger partial charge in [0.05, 0.1) is 35.7 Å². The van der Waals surface area contributed by atoms with Crippen molar-refractivity contribution in [1.82, 2.24) is 0 Å².